The number of aliphatic hydroxyl groups excluding tert-OH is 3. The minimum Gasteiger partial charge on any atom is -0.459 e. The summed E-state index contributed by atoms with van der Waals surface area (Å²) in [6.07, 6.45) is -4.35. The van der Waals surface area contributed by atoms with Crippen LogP contribution < -0.4 is 10.6 Å². The summed E-state index contributed by atoms with van der Waals surface area (Å²) in [4.78, 5) is 25.0. The molecular formula is C23H34N2O8. The lowest BCUT2D eigenvalue weighted by molar-refractivity contribution is -0.269. The highest BCUT2D eigenvalue weighted by Gasteiger charge is 2.55. The number of ether oxygens (including phenoxy) is 3. The number of esters is 1. The standard InChI is InChI=1S/C23H34N2O8/c1-13(27)24-17-15(28)10-23(12-26,21(30)33-22(2,3)4)25-18(17)19-16(29)11-31-20(32-19)14-8-6-5-7-9-14/h5-9,15-20,25-26,28-29H,10-12H2,1-4H3,(H,24,27)/t15-,16+,17+,18+,19+,20+,23-/m0/s1. The molecule has 0 unspecified atom stereocenters. The van der Waals surface area contributed by atoms with Gasteiger partial charge in [0, 0.05) is 18.9 Å². The van der Waals surface area contributed by atoms with E-state index in [1.54, 1.807) is 20.8 Å². The van der Waals surface area contributed by atoms with E-state index in [1.807, 2.05) is 30.3 Å². The maximum Gasteiger partial charge on any atom is 0.329 e. The lowest BCUT2D eigenvalue weighted by Gasteiger charge is -2.50. The first-order chi connectivity index (χ1) is 15.5. The minimum absolute atomic E-state index is 0.0656. The molecular weight excluding hydrogens is 432 g/mol. The highest BCUT2D eigenvalue weighted by Crippen LogP contribution is 2.34. The fourth-order valence-corrected chi connectivity index (χ4v) is 4.25. The molecule has 1 amide bonds. The molecule has 2 aliphatic rings. The third kappa shape index (κ3) is 5.89. The summed E-state index contributed by atoms with van der Waals surface area (Å²) in [5.41, 5.74) is -1.76. The first-order valence-electron chi connectivity index (χ1n) is 11.0. The van der Waals surface area contributed by atoms with Crippen LogP contribution in [0.1, 0.15) is 46.0 Å². The fraction of sp³-hybridized carbons (Fsp3) is 0.652. The van der Waals surface area contributed by atoms with Crippen molar-refractivity contribution in [2.45, 2.75) is 81.9 Å². The number of hydrogen-bond acceptors (Lipinski definition) is 9. The second-order valence-electron chi connectivity index (χ2n) is 9.65. The summed E-state index contributed by atoms with van der Waals surface area (Å²) in [5.74, 6) is -1.15. The van der Waals surface area contributed by atoms with E-state index in [-0.39, 0.29) is 13.0 Å². The lowest BCUT2D eigenvalue weighted by atomic mass is 9.78. The van der Waals surface area contributed by atoms with Crippen molar-refractivity contribution in [2.24, 2.45) is 0 Å². The zero-order valence-corrected chi connectivity index (χ0v) is 19.4. The summed E-state index contributed by atoms with van der Waals surface area (Å²) in [6.45, 7) is 5.67. The highest BCUT2D eigenvalue weighted by molar-refractivity contribution is 5.82. The van der Waals surface area contributed by atoms with Gasteiger partial charge >= 0.3 is 5.97 Å². The molecule has 1 aromatic carbocycles. The van der Waals surface area contributed by atoms with Gasteiger partial charge in [-0.2, -0.15) is 0 Å². The van der Waals surface area contributed by atoms with E-state index in [1.165, 1.54) is 6.92 Å². The van der Waals surface area contributed by atoms with Crippen LogP contribution in [0.3, 0.4) is 0 Å². The molecule has 184 valence electrons. The van der Waals surface area contributed by atoms with Crippen molar-refractivity contribution in [3.05, 3.63) is 35.9 Å². The quantitative estimate of drug-likeness (QED) is 0.371. The Morgan fingerprint density at radius 2 is 1.88 bits per heavy atom. The van der Waals surface area contributed by atoms with E-state index < -0.39 is 66.3 Å². The average Bonchev–Trinajstić information content (AvgIpc) is 2.74. The van der Waals surface area contributed by atoms with E-state index in [0.717, 1.165) is 5.56 Å². The van der Waals surface area contributed by atoms with E-state index in [2.05, 4.69) is 10.6 Å². The summed E-state index contributed by atoms with van der Waals surface area (Å²) in [7, 11) is 0. The van der Waals surface area contributed by atoms with Gasteiger partial charge in [0.2, 0.25) is 5.91 Å². The number of hydrogen-bond donors (Lipinski definition) is 5. The number of benzene rings is 1. The van der Waals surface area contributed by atoms with Crippen LogP contribution in [0.4, 0.5) is 0 Å². The van der Waals surface area contributed by atoms with Crippen molar-refractivity contribution in [3.8, 4) is 0 Å². The normalized spacial score (nSPS) is 35.0. The summed E-state index contributed by atoms with van der Waals surface area (Å²) in [5, 5.41) is 37.6. The minimum atomic E-state index is -1.66. The third-order valence-corrected chi connectivity index (χ3v) is 5.74. The van der Waals surface area contributed by atoms with Gasteiger partial charge in [-0.05, 0) is 20.8 Å². The summed E-state index contributed by atoms with van der Waals surface area (Å²) >= 11 is 0. The topological polar surface area (TPSA) is 147 Å². The molecule has 2 aliphatic heterocycles. The maximum absolute atomic E-state index is 13.1. The SMILES string of the molecule is CC(=O)N[C@H]1[C@H]([C@@H]2O[C@H](c3ccccc3)OC[C@H]2O)N[C@@](CO)(C(=O)OC(C)(C)C)C[C@@H]1O. The van der Waals surface area contributed by atoms with E-state index >= 15 is 0 Å². The Balaban J connectivity index is 1.94. The van der Waals surface area contributed by atoms with Gasteiger partial charge in [-0.15, -0.1) is 0 Å². The zero-order chi connectivity index (χ0) is 24.4. The number of aliphatic hydroxyl groups is 3. The van der Waals surface area contributed by atoms with Crippen LogP contribution in [0.25, 0.3) is 0 Å². The van der Waals surface area contributed by atoms with Crippen LogP contribution >= 0.6 is 0 Å². The molecule has 2 heterocycles. The highest BCUT2D eigenvalue weighted by atomic mass is 16.7. The average molecular weight is 467 g/mol. The van der Waals surface area contributed by atoms with Crippen LogP contribution in [0.15, 0.2) is 30.3 Å². The van der Waals surface area contributed by atoms with E-state index in [0.29, 0.717) is 0 Å². The molecule has 3 rings (SSSR count). The maximum atomic E-state index is 13.1. The summed E-state index contributed by atoms with van der Waals surface area (Å²) < 4.78 is 17.2. The van der Waals surface area contributed by atoms with Gasteiger partial charge in [0.05, 0.1) is 31.4 Å². The number of rotatable bonds is 5. The number of nitrogens with one attached hydrogen (secondary N) is 2. The van der Waals surface area contributed by atoms with Gasteiger partial charge in [-0.25, -0.2) is 4.79 Å². The fourth-order valence-electron chi connectivity index (χ4n) is 4.25. The van der Waals surface area contributed by atoms with Gasteiger partial charge in [-0.1, -0.05) is 30.3 Å². The number of carbonyl (C=O) groups excluding carboxylic acids is 2. The van der Waals surface area contributed by atoms with E-state index in [9.17, 15) is 24.9 Å². The van der Waals surface area contributed by atoms with Crippen molar-refractivity contribution in [3.63, 3.8) is 0 Å². The number of amides is 1. The van der Waals surface area contributed by atoms with Gasteiger partial charge in [-0.3, -0.25) is 10.1 Å². The van der Waals surface area contributed by atoms with Crippen molar-refractivity contribution in [1.82, 2.24) is 10.6 Å². The van der Waals surface area contributed by atoms with Crippen LogP contribution in [0.2, 0.25) is 0 Å². The molecule has 0 aromatic heterocycles. The molecule has 33 heavy (non-hydrogen) atoms. The zero-order valence-electron chi connectivity index (χ0n) is 19.4. The van der Waals surface area contributed by atoms with E-state index in [4.69, 9.17) is 14.2 Å². The Kier molecular flexibility index (Phi) is 7.77. The third-order valence-electron chi connectivity index (χ3n) is 5.74. The second kappa shape index (κ2) is 10.0. The molecule has 10 nitrogen and oxygen atoms in total. The molecule has 0 spiro atoms. The molecule has 2 saturated heterocycles. The Bertz CT molecular complexity index is 830. The molecule has 5 N–H and O–H groups in total. The number of carbonyl (C=O) groups is 2. The molecule has 10 heteroatoms. The van der Waals surface area contributed by atoms with Crippen LogP contribution in [-0.4, -0.2) is 81.9 Å². The first-order valence-corrected chi connectivity index (χ1v) is 11.0. The molecule has 1 aromatic rings. The lowest BCUT2D eigenvalue weighted by Crippen LogP contribution is -2.76. The Hall–Kier alpha value is -2.08. The predicted molar refractivity (Wildman–Crippen MR) is 117 cm³/mol. The predicted octanol–water partition coefficient (Wildman–Crippen LogP) is -0.238. The molecule has 0 radical (unpaired) electrons. The molecule has 2 fully saturated rings. The summed E-state index contributed by atoms with van der Waals surface area (Å²) in [6, 6.07) is 7.27. The second-order valence-corrected chi connectivity index (χ2v) is 9.65. The van der Waals surface area contributed by atoms with Gasteiger partial charge in [0.1, 0.15) is 23.3 Å². The Labute approximate surface area is 193 Å². The molecule has 0 aliphatic carbocycles. The first kappa shape index (κ1) is 25.5. The van der Waals surface area contributed by atoms with Crippen molar-refractivity contribution in [1.29, 1.82) is 0 Å². The molecule has 7 atom stereocenters. The van der Waals surface area contributed by atoms with Gasteiger partial charge in [0.25, 0.3) is 0 Å². The molecule has 0 bridgehead atoms. The van der Waals surface area contributed by atoms with Gasteiger partial charge in [0.15, 0.2) is 6.29 Å². The van der Waals surface area contributed by atoms with Crippen LogP contribution in [0, 0.1) is 0 Å². The van der Waals surface area contributed by atoms with Crippen molar-refractivity contribution in [2.75, 3.05) is 13.2 Å². The Morgan fingerprint density at radius 3 is 2.45 bits per heavy atom. The monoisotopic (exact) mass is 466 g/mol. The molecule has 0 saturated carbocycles. The smallest absolute Gasteiger partial charge is 0.329 e. The number of piperidine rings is 1. The van der Waals surface area contributed by atoms with Crippen molar-refractivity contribution < 1.29 is 39.1 Å². The Morgan fingerprint density at radius 1 is 1.21 bits per heavy atom. The van der Waals surface area contributed by atoms with Crippen molar-refractivity contribution >= 4 is 11.9 Å². The van der Waals surface area contributed by atoms with Crippen LogP contribution in [0.5, 0.6) is 0 Å². The van der Waals surface area contributed by atoms with Crippen LogP contribution in [-0.2, 0) is 23.8 Å². The van der Waals surface area contributed by atoms with Gasteiger partial charge < -0.3 is 34.8 Å². The largest absolute Gasteiger partial charge is 0.459 e.